The molecule has 1 aromatic carbocycles. The summed E-state index contributed by atoms with van der Waals surface area (Å²) < 4.78 is 37.0. The minimum atomic E-state index is -1.70. The van der Waals surface area contributed by atoms with Crippen LogP contribution in [-0.2, 0) is 42.8 Å². The molecule has 2 amide bonds. The Bertz CT molecular complexity index is 1610. The summed E-state index contributed by atoms with van der Waals surface area (Å²) >= 11 is 0. The van der Waals surface area contributed by atoms with Gasteiger partial charge in [-0.3, -0.25) is 14.4 Å². The number of hydrogen-bond acceptors (Lipinski definition) is 13. The molecule has 0 radical (unpaired) electrons. The summed E-state index contributed by atoms with van der Waals surface area (Å²) in [6.45, 7) is 14.8. The van der Waals surface area contributed by atoms with Crippen molar-refractivity contribution in [3.63, 3.8) is 0 Å². The number of fused-ring (bicyclic) bond motifs is 1. The van der Waals surface area contributed by atoms with Crippen molar-refractivity contribution in [1.29, 1.82) is 0 Å². The molecule has 0 aliphatic carbocycles. The number of rotatable bonds is 9. The molecule has 1 aromatic rings. The molecule has 0 spiro atoms. The number of esters is 2. The number of cyclic esters (lactones) is 1. The molecular formula is C42H63N3O12. The van der Waals surface area contributed by atoms with E-state index in [-0.39, 0.29) is 37.3 Å². The first-order chi connectivity index (χ1) is 26.7. The van der Waals surface area contributed by atoms with Gasteiger partial charge in [0.1, 0.15) is 23.6 Å². The molecule has 57 heavy (non-hydrogen) atoms. The minimum absolute atomic E-state index is 0.1000. The van der Waals surface area contributed by atoms with E-state index < -0.39 is 95.7 Å². The number of aliphatic hydroxyl groups excluding tert-OH is 1. The lowest BCUT2D eigenvalue weighted by Crippen LogP contribution is -2.61. The average Bonchev–Trinajstić information content (AvgIpc) is 3.47. The molecule has 3 fully saturated rings. The number of carbonyl (C=O) groups excluding carboxylic acids is 5. The van der Waals surface area contributed by atoms with Crippen LogP contribution in [0.3, 0.4) is 0 Å². The van der Waals surface area contributed by atoms with Crippen LogP contribution in [0.25, 0.3) is 6.08 Å². The molecule has 14 atom stereocenters. The lowest BCUT2D eigenvalue weighted by Gasteiger charge is -2.48. The van der Waals surface area contributed by atoms with Crippen LogP contribution in [0.1, 0.15) is 87.1 Å². The molecule has 0 aromatic heterocycles. The number of hydrogen-bond donors (Lipinski definition) is 3. The van der Waals surface area contributed by atoms with Crippen LogP contribution in [0.2, 0.25) is 0 Å². The van der Waals surface area contributed by atoms with E-state index in [4.69, 9.17) is 28.4 Å². The highest BCUT2D eigenvalue weighted by molar-refractivity contribution is 5.85. The summed E-state index contributed by atoms with van der Waals surface area (Å²) in [5, 5.41) is 17.6. The van der Waals surface area contributed by atoms with Crippen LogP contribution in [0.4, 0.5) is 9.59 Å². The van der Waals surface area contributed by atoms with Crippen LogP contribution in [0.5, 0.6) is 0 Å². The Morgan fingerprint density at radius 3 is 2.33 bits per heavy atom. The molecule has 0 saturated carbocycles. The first kappa shape index (κ1) is 45.6. The maximum atomic E-state index is 14.5. The third-order valence-electron chi connectivity index (χ3n) is 11.8. The summed E-state index contributed by atoms with van der Waals surface area (Å²) in [5.41, 5.74) is -2.18. The van der Waals surface area contributed by atoms with Crippen molar-refractivity contribution in [2.75, 3.05) is 20.6 Å². The maximum Gasteiger partial charge on any atom is 0.408 e. The highest BCUT2D eigenvalue weighted by Crippen LogP contribution is 2.41. The van der Waals surface area contributed by atoms with E-state index in [0.717, 1.165) is 5.56 Å². The Morgan fingerprint density at radius 2 is 1.72 bits per heavy atom. The van der Waals surface area contributed by atoms with E-state index in [0.29, 0.717) is 6.42 Å². The molecule has 3 aliphatic rings. The lowest BCUT2D eigenvalue weighted by atomic mass is 9.73. The average molecular weight is 802 g/mol. The summed E-state index contributed by atoms with van der Waals surface area (Å²) in [5.74, 6) is -5.43. The van der Waals surface area contributed by atoms with E-state index in [1.54, 1.807) is 47.6 Å². The van der Waals surface area contributed by atoms with Gasteiger partial charge >= 0.3 is 24.1 Å². The normalized spacial score (nSPS) is 38.0. The molecule has 3 N–H and O–H groups in total. The molecule has 3 saturated heterocycles. The topological polar surface area (TPSA) is 188 Å². The molecule has 15 nitrogen and oxygen atoms in total. The number of likely N-dealkylation sites (N-methyl/N-ethyl adjacent to an activating group) is 1. The number of ether oxygens (including phenoxy) is 6. The van der Waals surface area contributed by atoms with Crippen molar-refractivity contribution in [1.82, 2.24) is 15.5 Å². The number of carbonyl (C=O) groups is 5. The van der Waals surface area contributed by atoms with E-state index in [1.807, 2.05) is 62.3 Å². The van der Waals surface area contributed by atoms with E-state index in [1.165, 1.54) is 13.8 Å². The van der Waals surface area contributed by atoms with Gasteiger partial charge in [-0.1, -0.05) is 70.2 Å². The van der Waals surface area contributed by atoms with Gasteiger partial charge in [-0.25, -0.2) is 9.59 Å². The second kappa shape index (κ2) is 19.1. The molecule has 0 bridgehead atoms. The number of alkyl carbamates (subject to hydrolysis) is 2. The third kappa shape index (κ3) is 10.7. The summed E-state index contributed by atoms with van der Waals surface area (Å²) in [7, 11) is 3.70. The van der Waals surface area contributed by atoms with Crippen molar-refractivity contribution in [3.8, 4) is 0 Å². The van der Waals surface area contributed by atoms with Gasteiger partial charge in [0, 0.05) is 31.2 Å². The summed E-state index contributed by atoms with van der Waals surface area (Å²) in [4.78, 5) is 69.3. The molecular weight excluding hydrogens is 738 g/mol. The maximum absolute atomic E-state index is 14.5. The van der Waals surface area contributed by atoms with Gasteiger partial charge in [-0.15, -0.1) is 0 Å². The fraction of sp³-hybridized carbons (Fsp3) is 0.690. The number of amides is 2. The second-order valence-electron chi connectivity index (χ2n) is 16.6. The Balaban J connectivity index is 1.82. The molecule has 15 heteroatoms. The number of benzene rings is 1. The lowest BCUT2D eigenvalue weighted by molar-refractivity contribution is -0.300. The van der Waals surface area contributed by atoms with E-state index >= 15 is 0 Å². The number of ketones is 1. The fourth-order valence-corrected chi connectivity index (χ4v) is 8.69. The standard InChI is InChI=1S/C42H63N3O12/c1-12-31-42(9)35(44-40(51)57-42)25(4)32(47)23(2)22-41(8,56-39(50)43-20-16-19-29-17-14-13-15-18-29)36(26(5)33(48)27(6)37(49)54-31)55-38-34(53-28(7)46)30(45(10)11)21-24(3)52-38/h13-19,23-27,30-31,33-36,38,48H,12,20-22H2,1-11H3,(H,43,50)(H,44,51)/b19-16+/t23-,24-,25+,26+,27-,30+,31-,33+,34-,35-,36-,38+,41-,42-/m1/s1. The number of aliphatic hydroxyl groups is 1. The van der Waals surface area contributed by atoms with Gasteiger partial charge in [0.05, 0.1) is 30.2 Å². The zero-order valence-corrected chi connectivity index (χ0v) is 35.2. The second-order valence-corrected chi connectivity index (χ2v) is 16.6. The Labute approximate surface area is 336 Å². The van der Waals surface area contributed by atoms with Gasteiger partial charge in [-0.05, 0) is 66.6 Å². The van der Waals surface area contributed by atoms with Gasteiger partial charge in [0.2, 0.25) is 0 Å². The molecule has 3 heterocycles. The first-order valence-electron chi connectivity index (χ1n) is 20.0. The monoisotopic (exact) mass is 801 g/mol. The highest BCUT2D eigenvalue weighted by Gasteiger charge is 2.58. The zero-order valence-electron chi connectivity index (χ0n) is 35.2. The smallest absolute Gasteiger partial charge is 0.408 e. The Hall–Kier alpha value is -4.05. The van der Waals surface area contributed by atoms with Crippen molar-refractivity contribution in [2.45, 2.75) is 142 Å². The molecule has 318 valence electrons. The SMILES string of the molecule is CC[C@H]1OC(=O)[C@H](C)[C@@H](O)[C@H](C)[C@@H](O[C@@H]2O[C@H](C)C[C@H](N(C)C)[C@H]2OC(C)=O)[C@](C)(OC(=O)NC/C=C/c2ccccc2)C[C@@H](C)C(=O)[C@H](C)[C@H]2NC(=O)O[C@@]21C. The van der Waals surface area contributed by atoms with E-state index in [2.05, 4.69) is 10.6 Å². The zero-order chi connectivity index (χ0) is 42.4. The number of nitrogens with zero attached hydrogens (tertiary/aromatic N) is 1. The van der Waals surface area contributed by atoms with Crippen LogP contribution >= 0.6 is 0 Å². The third-order valence-corrected chi connectivity index (χ3v) is 11.8. The van der Waals surface area contributed by atoms with Gasteiger partial charge in [0.25, 0.3) is 0 Å². The highest BCUT2D eigenvalue weighted by atomic mass is 16.7. The van der Waals surface area contributed by atoms with Crippen LogP contribution < -0.4 is 10.6 Å². The Morgan fingerprint density at radius 1 is 1.05 bits per heavy atom. The largest absolute Gasteiger partial charge is 0.458 e. The number of nitrogens with one attached hydrogen (secondary N) is 2. The van der Waals surface area contributed by atoms with Gasteiger partial charge in [0.15, 0.2) is 18.0 Å². The Kier molecular flexibility index (Phi) is 15.3. The quantitative estimate of drug-likeness (QED) is 0.232. The van der Waals surface area contributed by atoms with Crippen LogP contribution in [0, 0.1) is 23.7 Å². The predicted octanol–water partition coefficient (Wildman–Crippen LogP) is 4.63. The molecule has 0 unspecified atom stereocenters. The van der Waals surface area contributed by atoms with Gasteiger partial charge < -0.3 is 49.1 Å². The van der Waals surface area contributed by atoms with Crippen LogP contribution in [-0.4, -0.2) is 121 Å². The minimum Gasteiger partial charge on any atom is -0.458 e. The summed E-state index contributed by atoms with van der Waals surface area (Å²) in [6.07, 6.45) is -3.55. The fourth-order valence-electron chi connectivity index (χ4n) is 8.69. The van der Waals surface area contributed by atoms with Crippen LogP contribution in [0.15, 0.2) is 36.4 Å². The van der Waals surface area contributed by atoms with E-state index in [9.17, 15) is 29.1 Å². The van der Waals surface area contributed by atoms with Crippen molar-refractivity contribution < 1.29 is 57.5 Å². The molecule has 4 rings (SSSR count). The van der Waals surface area contributed by atoms with Crippen molar-refractivity contribution in [3.05, 3.63) is 42.0 Å². The van der Waals surface area contributed by atoms with Gasteiger partial charge in [-0.2, -0.15) is 0 Å². The van der Waals surface area contributed by atoms with Crippen molar-refractivity contribution in [2.24, 2.45) is 23.7 Å². The summed E-state index contributed by atoms with van der Waals surface area (Å²) in [6, 6.07) is 8.31. The first-order valence-corrected chi connectivity index (χ1v) is 20.0. The number of Topliss-reactive ketones (excluding diaryl/α,β-unsaturated/α-hetero) is 1. The molecule has 3 aliphatic heterocycles. The predicted molar refractivity (Wildman–Crippen MR) is 209 cm³/mol. The van der Waals surface area contributed by atoms with Crippen molar-refractivity contribution >= 4 is 36.0 Å².